The lowest BCUT2D eigenvalue weighted by Gasteiger charge is -2.14. The monoisotopic (exact) mass is 303 g/mol. The zero-order chi connectivity index (χ0) is 14.9. The minimum atomic E-state index is -1.02. The molecule has 0 spiro atoms. The normalized spacial score (nSPS) is 12.5. The molecule has 106 valence electrons. The fourth-order valence-corrected chi connectivity index (χ4v) is 2.02. The SMILES string of the molecule is NC(Cc1cc(F)ccc1F)c1cc(F)c(Cl)cc1F. The van der Waals surface area contributed by atoms with Gasteiger partial charge in [0.2, 0.25) is 0 Å². The number of hydrogen-bond acceptors (Lipinski definition) is 1. The topological polar surface area (TPSA) is 26.0 Å². The summed E-state index contributed by atoms with van der Waals surface area (Å²) in [7, 11) is 0. The first-order valence-corrected chi connectivity index (χ1v) is 6.10. The number of nitrogens with two attached hydrogens (primary N) is 1. The molecule has 20 heavy (non-hydrogen) atoms. The molecule has 1 nitrogen and oxygen atoms in total. The number of rotatable bonds is 3. The second-order valence-electron chi connectivity index (χ2n) is 4.33. The van der Waals surface area contributed by atoms with Gasteiger partial charge in [-0.2, -0.15) is 0 Å². The maximum Gasteiger partial charge on any atom is 0.142 e. The van der Waals surface area contributed by atoms with Gasteiger partial charge in [-0.15, -0.1) is 0 Å². The lowest BCUT2D eigenvalue weighted by Crippen LogP contribution is -2.16. The summed E-state index contributed by atoms with van der Waals surface area (Å²) < 4.78 is 53.5. The van der Waals surface area contributed by atoms with E-state index in [0.29, 0.717) is 0 Å². The van der Waals surface area contributed by atoms with E-state index in [2.05, 4.69) is 0 Å². The van der Waals surface area contributed by atoms with Gasteiger partial charge in [0.25, 0.3) is 0 Å². The molecule has 0 aliphatic rings. The highest BCUT2D eigenvalue weighted by atomic mass is 35.5. The van der Waals surface area contributed by atoms with Crippen LogP contribution in [0.4, 0.5) is 17.6 Å². The third kappa shape index (κ3) is 3.11. The molecular formula is C14H10ClF4N. The van der Waals surface area contributed by atoms with Gasteiger partial charge in [-0.05, 0) is 42.3 Å². The standard InChI is InChI=1S/C14H10ClF4N/c15-10-6-12(18)9(5-13(10)19)14(20)4-7-3-8(16)1-2-11(7)17/h1-3,5-6,14H,4,20H2. The van der Waals surface area contributed by atoms with Crippen molar-refractivity contribution < 1.29 is 17.6 Å². The predicted molar refractivity (Wildman–Crippen MR) is 68.4 cm³/mol. The largest absolute Gasteiger partial charge is 0.324 e. The summed E-state index contributed by atoms with van der Waals surface area (Å²) in [6.45, 7) is 0. The third-order valence-electron chi connectivity index (χ3n) is 2.89. The van der Waals surface area contributed by atoms with E-state index in [4.69, 9.17) is 17.3 Å². The summed E-state index contributed by atoms with van der Waals surface area (Å²) in [5, 5.41) is -0.365. The van der Waals surface area contributed by atoms with Crippen molar-refractivity contribution in [2.45, 2.75) is 12.5 Å². The zero-order valence-corrected chi connectivity index (χ0v) is 10.9. The fraction of sp³-hybridized carbons (Fsp3) is 0.143. The minimum absolute atomic E-state index is 0.00717. The highest BCUT2D eigenvalue weighted by molar-refractivity contribution is 6.30. The minimum Gasteiger partial charge on any atom is -0.324 e. The molecule has 6 heteroatoms. The summed E-state index contributed by atoms with van der Waals surface area (Å²) in [6.07, 6.45) is -0.165. The van der Waals surface area contributed by atoms with Gasteiger partial charge in [-0.1, -0.05) is 11.6 Å². The van der Waals surface area contributed by atoms with E-state index in [9.17, 15) is 17.6 Å². The van der Waals surface area contributed by atoms with Crippen molar-refractivity contribution in [2.75, 3.05) is 0 Å². The Hall–Kier alpha value is -1.59. The van der Waals surface area contributed by atoms with Gasteiger partial charge in [-0.25, -0.2) is 17.6 Å². The lowest BCUT2D eigenvalue weighted by atomic mass is 9.98. The molecule has 0 fully saturated rings. The van der Waals surface area contributed by atoms with Crippen LogP contribution in [0.3, 0.4) is 0 Å². The summed E-state index contributed by atoms with van der Waals surface area (Å²) in [5.41, 5.74) is 5.58. The highest BCUT2D eigenvalue weighted by Gasteiger charge is 2.17. The summed E-state index contributed by atoms with van der Waals surface area (Å²) in [4.78, 5) is 0. The van der Waals surface area contributed by atoms with E-state index >= 15 is 0 Å². The molecule has 0 aromatic heterocycles. The highest BCUT2D eigenvalue weighted by Crippen LogP contribution is 2.25. The maximum atomic E-state index is 13.7. The van der Waals surface area contributed by atoms with E-state index in [1.165, 1.54) is 0 Å². The second kappa shape index (κ2) is 5.81. The van der Waals surface area contributed by atoms with Gasteiger partial charge in [0.1, 0.15) is 23.3 Å². The maximum absolute atomic E-state index is 13.7. The zero-order valence-electron chi connectivity index (χ0n) is 10.1. The molecule has 0 radical (unpaired) electrons. The van der Waals surface area contributed by atoms with Crippen molar-refractivity contribution in [3.05, 3.63) is 69.8 Å². The van der Waals surface area contributed by atoms with E-state index in [1.54, 1.807) is 0 Å². The van der Waals surface area contributed by atoms with Gasteiger partial charge < -0.3 is 5.73 Å². The predicted octanol–water partition coefficient (Wildman–Crippen LogP) is 4.14. The third-order valence-corrected chi connectivity index (χ3v) is 3.18. The van der Waals surface area contributed by atoms with Gasteiger partial charge in [0.05, 0.1) is 5.02 Å². The fourth-order valence-electron chi connectivity index (χ4n) is 1.87. The number of benzene rings is 2. The van der Waals surface area contributed by atoms with Gasteiger partial charge in [0, 0.05) is 11.6 Å². The van der Waals surface area contributed by atoms with E-state index < -0.39 is 29.3 Å². The average Bonchev–Trinajstić information content (AvgIpc) is 2.38. The van der Waals surface area contributed by atoms with Crippen molar-refractivity contribution in [2.24, 2.45) is 5.73 Å². The summed E-state index contributed by atoms with van der Waals surface area (Å²) >= 11 is 5.43. The molecule has 0 amide bonds. The number of halogens is 5. The van der Waals surface area contributed by atoms with Crippen LogP contribution >= 0.6 is 11.6 Å². The van der Waals surface area contributed by atoms with Gasteiger partial charge in [0.15, 0.2) is 0 Å². The van der Waals surface area contributed by atoms with Crippen molar-refractivity contribution >= 4 is 11.6 Å². The van der Waals surface area contributed by atoms with Crippen LogP contribution in [0.1, 0.15) is 17.2 Å². The van der Waals surface area contributed by atoms with Crippen molar-refractivity contribution in [3.63, 3.8) is 0 Å². The van der Waals surface area contributed by atoms with Gasteiger partial charge in [-0.3, -0.25) is 0 Å². The van der Waals surface area contributed by atoms with Crippen molar-refractivity contribution in [1.29, 1.82) is 0 Å². The Morgan fingerprint density at radius 3 is 2.35 bits per heavy atom. The van der Waals surface area contributed by atoms with Crippen LogP contribution in [0.2, 0.25) is 5.02 Å². The molecular weight excluding hydrogens is 294 g/mol. The van der Waals surface area contributed by atoms with E-state index in [1.807, 2.05) is 0 Å². The van der Waals surface area contributed by atoms with Crippen LogP contribution in [-0.2, 0) is 6.42 Å². The average molecular weight is 304 g/mol. The second-order valence-corrected chi connectivity index (χ2v) is 4.74. The smallest absolute Gasteiger partial charge is 0.142 e. The van der Waals surface area contributed by atoms with Crippen LogP contribution in [0, 0.1) is 23.3 Å². The first kappa shape index (κ1) is 14.8. The lowest BCUT2D eigenvalue weighted by molar-refractivity contribution is 0.545. The van der Waals surface area contributed by atoms with Crippen LogP contribution in [0.25, 0.3) is 0 Å². The van der Waals surface area contributed by atoms with E-state index in [0.717, 1.165) is 30.3 Å². The molecule has 0 saturated heterocycles. The molecule has 2 rings (SSSR count). The number of hydrogen-bond donors (Lipinski definition) is 1. The molecule has 0 aliphatic heterocycles. The Morgan fingerprint density at radius 1 is 0.950 bits per heavy atom. The van der Waals surface area contributed by atoms with Crippen LogP contribution in [0.15, 0.2) is 30.3 Å². The Bertz CT molecular complexity index is 645. The van der Waals surface area contributed by atoms with Crippen LogP contribution < -0.4 is 5.73 Å². The van der Waals surface area contributed by atoms with Gasteiger partial charge >= 0.3 is 0 Å². The summed E-state index contributed by atoms with van der Waals surface area (Å²) in [6, 6.07) is 3.54. The Balaban J connectivity index is 2.30. The molecule has 1 unspecified atom stereocenters. The molecule has 2 aromatic rings. The molecule has 0 bridgehead atoms. The molecule has 2 N–H and O–H groups in total. The Labute approximate surface area is 118 Å². The first-order valence-electron chi connectivity index (χ1n) is 5.72. The van der Waals surface area contributed by atoms with Crippen LogP contribution in [0.5, 0.6) is 0 Å². The Kier molecular flexibility index (Phi) is 4.30. The molecule has 2 aromatic carbocycles. The molecule has 0 saturated carbocycles. The van der Waals surface area contributed by atoms with Crippen molar-refractivity contribution in [3.8, 4) is 0 Å². The molecule has 0 aliphatic carbocycles. The first-order chi connectivity index (χ1) is 9.38. The molecule has 0 heterocycles. The Morgan fingerprint density at radius 2 is 1.65 bits per heavy atom. The summed E-state index contributed by atoms with van der Waals surface area (Å²) in [5.74, 6) is -2.90. The quantitative estimate of drug-likeness (QED) is 0.669. The molecule has 1 atom stereocenters. The van der Waals surface area contributed by atoms with Crippen LogP contribution in [-0.4, -0.2) is 0 Å². The van der Waals surface area contributed by atoms with Crippen molar-refractivity contribution in [1.82, 2.24) is 0 Å². The van der Waals surface area contributed by atoms with E-state index in [-0.39, 0.29) is 22.6 Å².